The minimum atomic E-state index is -0.718. The molecule has 2 rings (SSSR count). The van der Waals surface area contributed by atoms with Gasteiger partial charge in [0, 0.05) is 6.54 Å². The molecule has 0 spiro atoms. The Kier molecular flexibility index (Phi) is 6.14. The second kappa shape index (κ2) is 8.31. The molecule has 0 N–H and O–H groups in total. The summed E-state index contributed by atoms with van der Waals surface area (Å²) in [6.45, 7) is 3.97. The van der Waals surface area contributed by atoms with E-state index >= 15 is 0 Å². The Bertz CT molecular complexity index is 978. The van der Waals surface area contributed by atoms with Crippen molar-refractivity contribution in [2.75, 3.05) is 13.7 Å². The highest BCUT2D eigenvalue weighted by atomic mass is 32.1. The lowest BCUT2D eigenvalue weighted by molar-refractivity contribution is -0.136. The topological polar surface area (TPSA) is 81.3 Å². The van der Waals surface area contributed by atoms with Crippen molar-refractivity contribution < 1.29 is 14.3 Å². The van der Waals surface area contributed by atoms with E-state index in [0.717, 1.165) is 22.6 Å². The van der Waals surface area contributed by atoms with Crippen LogP contribution in [0.25, 0.3) is 11.6 Å². The molecule has 130 valence electrons. The summed E-state index contributed by atoms with van der Waals surface area (Å²) in [5, 5.41) is 9.32. The van der Waals surface area contributed by atoms with Crippen molar-refractivity contribution in [3.63, 3.8) is 0 Å². The number of carbonyl (C=O) groups excluding carboxylic acids is 1. The van der Waals surface area contributed by atoms with Gasteiger partial charge in [-0.1, -0.05) is 12.1 Å². The van der Waals surface area contributed by atoms with E-state index in [1.165, 1.54) is 4.57 Å². The third-order valence-electron chi connectivity index (χ3n) is 3.44. The van der Waals surface area contributed by atoms with Crippen LogP contribution in [0.5, 0.6) is 5.75 Å². The fourth-order valence-electron chi connectivity index (χ4n) is 2.23. The van der Waals surface area contributed by atoms with Crippen LogP contribution in [0.4, 0.5) is 0 Å². The Hall–Kier alpha value is -2.85. The molecule has 0 saturated heterocycles. The molecule has 7 heteroatoms. The normalized spacial score (nSPS) is 12.5. The number of hydrogen-bond acceptors (Lipinski definition) is 6. The van der Waals surface area contributed by atoms with E-state index in [1.807, 2.05) is 18.2 Å². The van der Waals surface area contributed by atoms with Gasteiger partial charge in [0.05, 0.1) is 18.2 Å². The van der Waals surface area contributed by atoms with Gasteiger partial charge in [0.15, 0.2) is 5.57 Å². The molecule has 25 heavy (non-hydrogen) atoms. The second-order valence-electron chi connectivity index (χ2n) is 4.95. The number of methoxy groups -OCH3 is 1. The molecule has 0 atom stereocenters. The summed E-state index contributed by atoms with van der Waals surface area (Å²) in [5.74, 6) is 0.00171. The second-order valence-corrected chi connectivity index (χ2v) is 5.98. The summed E-state index contributed by atoms with van der Waals surface area (Å²) in [6, 6.07) is 9.11. The summed E-state index contributed by atoms with van der Waals surface area (Å²) in [4.78, 5) is 24.6. The van der Waals surface area contributed by atoms with Crippen LogP contribution < -0.4 is 19.5 Å². The first kappa shape index (κ1) is 18.5. The van der Waals surface area contributed by atoms with Crippen LogP contribution in [0, 0.1) is 11.3 Å². The highest BCUT2D eigenvalue weighted by Gasteiger charge is 2.16. The minimum absolute atomic E-state index is 0.153. The van der Waals surface area contributed by atoms with E-state index in [2.05, 4.69) is 0 Å². The standard InChI is InChI=1S/C18H18N2O4S/c1-4-20-16(21)15(10-12-6-8-13(23-3)9-7-12)25-17(20)14(11-19)18(22)24-5-2/h6-10H,4-5H2,1-3H3/b15-10-,17-14+. The molecule has 0 bridgehead atoms. The Morgan fingerprint density at radius 2 is 2.00 bits per heavy atom. The van der Waals surface area contributed by atoms with Gasteiger partial charge in [0.1, 0.15) is 16.5 Å². The van der Waals surface area contributed by atoms with Crippen LogP contribution in [0.3, 0.4) is 0 Å². The minimum Gasteiger partial charge on any atom is -0.497 e. The third kappa shape index (κ3) is 3.98. The fourth-order valence-corrected chi connectivity index (χ4v) is 3.38. The van der Waals surface area contributed by atoms with Crippen LogP contribution in [0.2, 0.25) is 0 Å². The van der Waals surface area contributed by atoms with Gasteiger partial charge in [-0.2, -0.15) is 5.26 Å². The maximum atomic E-state index is 12.6. The van der Waals surface area contributed by atoms with E-state index in [4.69, 9.17) is 9.47 Å². The molecule has 1 heterocycles. The first-order valence-electron chi connectivity index (χ1n) is 7.72. The molecular formula is C18H18N2O4S. The highest BCUT2D eigenvalue weighted by Crippen LogP contribution is 2.11. The Morgan fingerprint density at radius 1 is 1.32 bits per heavy atom. The van der Waals surface area contributed by atoms with E-state index < -0.39 is 5.97 Å². The molecule has 1 aromatic heterocycles. The van der Waals surface area contributed by atoms with Crippen molar-refractivity contribution in [2.24, 2.45) is 0 Å². The summed E-state index contributed by atoms with van der Waals surface area (Å²) in [6.07, 6.45) is 1.72. The molecule has 0 amide bonds. The van der Waals surface area contributed by atoms with Gasteiger partial charge in [-0.15, -0.1) is 11.3 Å². The summed E-state index contributed by atoms with van der Waals surface area (Å²) >= 11 is 1.11. The highest BCUT2D eigenvalue weighted by molar-refractivity contribution is 7.07. The van der Waals surface area contributed by atoms with Gasteiger partial charge in [-0.25, -0.2) is 4.79 Å². The zero-order chi connectivity index (χ0) is 18.4. The molecule has 0 aliphatic heterocycles. The van der Waals surface area contributed by atoms with Gasteiger partial charge in [-0.05, 0) is 37.6 Å². The van der Waals surface area contributed by atoms with Gasteiger partial charge >= 0.3 is 5.97 Å². The van der Waals surface area contributed by atoms with Crippen molar-refractivity contribution in [1.29, 1.82) is 5.26 Å². The first-order chi connectivity index (χ1) is 12.0. The Labute approximate surface area is 148 Å². The van der Waals surface area contributed by atoms with E-state index in [1.54, 1.807) is 39.2 Å². The average molecular weight is 358 g/mol. The molecule has 6 nitrogen and oxygen atoms in total. The fraction of sp³-hybridized carbons (Fsp3) is 0.278. The molecule has 1 aromatic carbocycles. The summed E-state index contributed by atoms with van der Waals surface area (Å²) < 4.78 is 12.2. The summed E-state index contributed by atoms with van der Waals surface area (Å²) in [7, 11) is 1.58. The smallest absolute Gasteiger partial charge is 0.351 e. The number of carbonyl (C=O) groups is 1. The number of ether oxygens (including phenoxy) is 2. The predicted octanol–water partition coefficient (Wildman–Crippen LogP) is 1.00. The molecule has 0 unspecified atom stereocenters. The number of esters is 1. The van der Waals surface area contributed by atoms with Crippen LogP contribution in [-0.2, 0) is 16.1 Å². The molecule has 2 aromatic rings. The van der Waals surface area contributed by atoms with Crippen molar-refractivity contribution in [1.82, 2.24) is 4.57 Å². The molecule has 0 saturated carbocycles. The lowest BCUT2D eigenvalue weighted by Gasteiger charge is -2.00. The number of hydrogen-bond donors (Lipinski definition) is 0. The van der Waals surface area contributed by atoms with Crippen molar-refractivity contribution >= 4 is 29.0 Å². The summed E-state index contributed by atoms with van der Waals surface area (Å²) in [5.41, 5.74) is 0.430. The lowest BCUT2D eigenvalue weighted by Crippen LogP contribution is -2.32. The number of nitriles is 1. The van der Waals surface area contributed by atoms with Crippen molar-refractivity contribution in [3.05, 3.63) is 49.4 Å². The predicted molar refractivity (Wildman–Crippen MR) is 95.7 cm³/mol. The third-order valence-corrected chi connectivity index (χ3v) is 4.57. The van der Waals surface area contributed by atoms with Gasteiger partial charge in [-0.3, -0.25) is 9.36 Å². The van der Waals surface area contributed by atoms with Gasteiger partial charge in [0.2, 0.25) is 0 Å². The molecule has 0 radical (unpaired) electrons. The Morgan fingerprint density at radius 3 is 2.52 bits per heavy atom. The molecule has 0 aliphatic rings. The lowest BCUT2D eigenvalue weighted by atomic mass is 10.2. The maximum Gasteiger partial charge on any atom is 0.351 e. The number of nitrogens with zero attached hydrogens (tertiary/aromatic N) is 2. The van der Waals surface area contributed by atoms with Crippen molar-refractivity contribution in [3.8, 4) is 11.8 Å². The monoisotopic (exact) mass is 358 g/mol. The van der Waals surface area contributed by atoms with E-state index in [-0.39, 0.29) is 17.7 Å². The van der Waals surface area contributed by atoms with Crippen molar-refractivity contribution in [2.45, 2.75) is 20.4 Å². The number of thiazole rings is 1. The average Bonchev–Trinajstić information content (AvgIpc) is 2.92. The zero-order valence-electron chi connectivity index (χ0n) is 14.2. The molecular weight excluding hydrogens is 340 g/mol. The number of rotatable bonds is 5. The van der Waals surface area contributed by atoms with Gasteiger partial charge < -0.3 is 9.47 Å². The maximum absolute atomic E-state index is 12.6. The quantitative estimate of drug-likeness (QED) is 0.745. The van der Waals surface area contributed by atoms with E-state index in [9.17, 15) is 14.9 Å². The van der Waals surface area contributed by atoms with Crippen LogP contribution in [0.15, 0.2) is 29.1 Å². The largest absolute Gasteiger partial charge is 0.497 e. The number of aromatic nitrogens is 1. The Balaban J connectivity index is 2.68. The number of benzene rings is 1. The van der Waals surface area contributed by atoms with E-state index in [0.29, 0.717) is 15.7 Å². The van der Waals surface area contributed by atoms with Crippen LogP contribution >= 0.6 is 11.3 Å². The van der Waals surface area contributed by atoms with Gasteiger partial charge in [0.25, 0.3) is 5.56 Å². The first-order valence-corrected chi connectivity index (χ1v) is 8.54. The van der Waals surface area contributed by atoms with Crippen LogP contribution in [0.1, 0.15) is 19.4 Å². The molecule has 0 fully saturated rings. The zero-order valence-corrected chi connectivity index (χ0v) is 15.1. The SMILES string of the molecule is CCOC(=O)/C(C#N)=c1/s/c(=C\c2ccc(OC)cc2)c(=O)n1CC. The van der Waals surface area contributed by atoms with Crippen LogP contribution in [-0.4, -0.2) is 24.3 Å². The molecule has 0 aliphatic carbocycles.